The Kier molecular flexibility index (Phi) is 4.17. The van der Waals surface area contributed by atoms with Gasteiger partial charge in [0.05, 0.1) is 9.90 Å². The van der Waals surface area contributed by atoms with Crippen molar-refractivity contribution in [3.05, 3.63) is 67.8 Å². The molecule has 2 aromatic carbocycles. The van der Waals surface area contributed by atoms with E-state index in [0.29, 0.717) is 14.9 Å². The van der Waals surface area contributed by atoms with Gasteiger partial charge in [0.2, 0.25) is 0 Å². The van der Waals surface area contributed by atoms with Crippen LogP contribution >= 0.6 is 34.5 Å². The standard InChI is InChI=1S/C17H13Cl2FOS/c1-8-5-10(18)6-9(2)14(8)16(21)17-15(19)12-4-3-11(20)7-13(12)22-17/h3-7,16,21H,1-2H3. The third-order valence-electron chi connectivity index (χ3n) is 3.70. The van der Waals surface area contributed by atoms with Crippen LogP contribution in [-0.2, 0) is 0 Å². The van der Waals surface area contributed by atoms with Crippen molar-refractivity contribution in [1.29, 1.82) is 0 Å². The number of aliphatic hydroxyl groups excluding tert-OH is 1. The van der Waals surface area contributed by atoms with Crippen LogP contribution in [0.25, 0.3) is 10.1 Å². The zero-order valence-corrected chi connectivity index (χ0v) is 14.3. The van der Waals surface area contributed by atoms with Gasteiger partial charge in [0, 0.05) is 15.1 Å². The summed E-state index contributed by atoms with van der Waals surface area (Å²) < 4.78 is 14.1. The van der Waals surface area contributed by atoms with Crippen molar-refractivity contribution >= 4 is 44.6 Å². The molecule has 0 aliphatic rings. The summed E-state index contributed by atoms with van der Waals surface area (Å²) in [5.74, 6) is -0.315. The Hall–Kier alpha value is -1.13. The lowest BCUT2D eigenvalue weighted by atomic mass is 9.97. The first-order valence-electron chi connectivity index (χ1n) is 6.70. The lowest BCUT2D eigenvalue weighted by Crippen LogP contribution is -2.03. The number of rotatable bonds is 2. The zero-order chi connectivity index (χ0) is 16.0. The topological polar surface area (TPSA) is 20.2 Å². The second kappa shape index (κ2) is 5.82. The van der Waals surface area contributed by atoms with Crippen LogP contribution in [0.1, 0.15) is 27.7 Å². The van der Waals surface area contributed by atoms with Crippen LogP contribution in [-0.4, -0.2) is 5.11 Å². The van der Waals surface area contributed by atoms with Crippen molar-refractivity contribution < 1.29 is 9.50 Å². The number of hydrogen-bond donors (Lipinski definition) is 1. The van der Waals surface area contributed by atoms with Crippen molar-refractivity contribution in [1.82, 2.24) is 0 Å². The lowest BCUT2D eigenvalue weighted by Gasteiger charge is -2.16. The molecule has 0 saturated heterocycles. The van der Waals surface area contributed by atoms with E-state index in [1.165, 1.54) is 23.5 Å². The van der Waals surface area contributed by atoms with Gasteiger partial charge in [-0.1, -0.05) is 23.2 Å². The molecule has 0 saturated carbocycles. The lowest BCUT2D eigenvalue weighted by molar-refractivity contribution is 0.223. The van der Waals surface area contributed by atoms with Gasteiger partial charge >= 0.3 is 0 Å². The molecule has 1 atom stereocenters. The van der Waals surface area contributed by atoms with Gasteiger partial charge in [-0.3, -0.25) is 0 Å². The Morgan fingerprint density at radius 1 is 1.09 bits per heavy atom. The molecule has 0 radical (unpaired) electrons. The average molecular weight is 355 g/mol. The number of hydrogen-bond acceptors (Lipinski definition) is 2. The quantitative estimate of drug-likeness (QED) is 0.594. The van der Waals surface area contributed by atoms with Gasteiger partial charge in [-0.15, -0.1) is 11.3 Å². The molecule has 3 aromatic rings. The molecule has 1 unspecified atom stereocenters. The second-order valence-electron chi connectivity index (χ2n) is 5.28. The highest BCUT2D eigenvalue weighted by molar-refractivity contribution is 7.19. The van der Waals surface area contributed by atoms with Crippen molar-refractivity contribution in [2.24, 2.45) is 0 Å². The van der Waals surface area contributed by atoms with Crippen LogP contribution < -0.4 is 0 Å². The molecule has 0 aliphatic heterocycles. The molecule has 0 spiro atoms. The molecule has 1 aromatic heterocycles. The smallest absolute Gasteiger partial charge is 0.124 e. The first-order chi connectivity index (χ1) is 10.4. The van der Waals surface area contributed by atoms with Crippen LogP contribution in [0.3, 0.4) is 0 Å². The first-order valence-corrected chi connectivity index (χ1v) is 8.28. The molecule has 0 bridgehead atoms. The summed E-state index contributed by atoms with van der Waals surface area (Å²) in [4.78, 5) is 0.621. The molecule has 22 heavy (non-hydrogen) atoms. The summed E-state index contributed by atoms with van der Waals surface area (Å²) >= 11 is 13.7. The number of benzene rings is 2. The maximum Gasteiger partial charge on any atom is 0.124 e. The first kappa shape index (κ1) is 15.8. The van der Waals surface area contributed by atoms with Crippen LogP contribution in [0.15, 0.2) is 30.3 Å². The van der Waals surface area contributed by atoms with Crippen LogP contribution in [0, 0.1) is 19.7 Å². The van der Waals surface area contributed by atoms with E-state index in [1.807, 2.05) is 26.0 Å². The van der Waals surface area contributed by atoms with Gasteiger partial charge in [0.25, 0.3) is 0 Å². The Labute approximate surface area is 141 Å². The number of aryl methyl sites for hydroxylation is 2. The van der Waals surface area contributed by atoms with Gasteiger partial charge < -0.3 is 5.11 Å². The van der Waals surface area contributed by atoms with E-state index >= 15 is 0 Å². The van der Waals surface area contributed by atoms with Crippen molar-refractivity contribution in [3.63, 3.8) is 0 Å². The highest BCUT2D eigenvalue weighted by Gasteiger charge is 2.22. The summed E-state index contributed by atoms with van der Waals surface area (Å²) in [6, 6.07) is 8.07. The van der Waals surface area contributed by atoms with E-state index in [2.05, 4.69) is 0 Å². The summed E-state index contributed by atoms with van der Waals surface area (Å²) in [6.07, 6.45) is -0.856. The molecule has 3 rings (SSSR count). The van der Waals surface area contributed by atoms with E-state index < -0.39 is 6.10 Å². The van der Waals surface area contributed by atoms with Gasteiger partial charge in [0.15, 0.2) is 0 Å². The molecular formula is C17H13Cl2FOS. The van der Waals surface area contributed by atoms with Crippen molar-refractivity contribution in [2.45, 2.75) is 20.0 Å². The fourth-order valence-electron chi connectivity index (χ4n) is 2.72. The predicted molar refractivity (Wildman–Crippen MR) is 91.8 cm³/mol. The van der Waals surface area contributed by atoms with E-state index in [9.17, 15) is 9.50 Å². The third-order valence-corrected chi connectivity index (χ3v) is 5.64. The van der Waals surface area contributed by atoms with Gasteiger partial charge in [-0.25, -0.2) is 4.39 Å². The summed E-state index contributed by atoms with van der Waals surface area (Å²) in [7, 11) is 0. The van der Waals surface area contributed by atoms with Crippen LogP contribution in [0.4, 0.5) is 4.39 Å². The maximum atomic E-state index is 13.4. The third kappa shape index (κ3) is 2.63. The molecule has 5 heteroatoms. The summed E-state index contributed by atoms with van der Waals surface area (Å²) in [5.41, 5.74) is 2.59. The largest absolute Gasteiger partial charge is 0.383 e. The highest BCUT2D eigenvalue weighted by atomic mass is 35.5. The van der Waals surface area contributed by atoms with Gasteiger partial charge in [-0.05, 0) is 60.9 Å². The Bertz CT molecular complexity index is 849. The fourth-order valence-corrected chi connectivity index (χ4v) is 4.60. The minimum Gasteiger partial charge on any atom is -0.383 e. The molecule has 0 aliphatic carbocycles. The molecule has 1 heterocycles. The second-order valence-corrected chi connectivity index (χ2v) is 7.17. The molecule has 1 N–H and O–H groups in total. The van der Waals surface area contributed by atoms with Crippen LogP contribution in [0.2, 0.25) is 10.0 Å². The highest BCUT2D eigenvalue weighted by Crippen LogP contribution is 2.42. The summed E-state index contributed by atoms with van der Waals surface area (Å²) in [6.45, 7) is 3.80. The number of fused-ring (bicyclic) bond motifs is 1. The molecule has 1 nitrogen and oxygen atoms in total. The minimum atomic E-state index is -0.856. The van der Waals surface area contributed by atoms with E-state index in [-0.39, 0.29) is 5.82 Å². The van der Waals surface area contributed by atoms with Crippen molar-refractivity contribution in [2.75, 3.05) is 0 Å². The molecular weight excluding hydrogens is 342 g/mol. The Morgan fingerprint density at radius 3 is 2.36 bits per heavy atom. The van der Waals surface area contributed by atoms with Crippen LogP contribution in [0.5, 0.6) is 0 Å². The number of thiophene rings is 1. The average Bonchev–Trinajstić information content (AvgIpc) is 2.74. The normalized spacial score (nSPS) is 12.8. The van der Waals surface area contributed by atoms with Gasteiger partial charge in [-0.2, -0.15) is 0 Å². The Balaban J connectivity index is 2.17. The number of halogens is 3. The number of aliphatic hydroxyl groups is 1. The van der Waals surface area contributed by atoms with E-state index in [4.69, 9.17) is 23.2 Å². The SMILES string of the molecule is Cc1cc(Cl)cc(C)c1C(O)c1sc2cc(F)ccc2c1Cl. The minimum absolute atomic E-state index is 0.315. The van der Waals surface area contributed by atoms with Gasteiger partial charge in [0.1, 0.15) is 11.9 Å². The van der Waals surface area contributed by atoms with E-state index in [1.54, 1.807) is 6.07 Å². The monoisotopic (exact) mass is 354 g/mol. The summed E-state index contributed by atoms with van der Waals surface area (Å²) in [5, 5.41) is 12.6. The Morgan fingerprint density at radius 2 is 1.73 bits per heavy atom. The molecule has 114 valence electrons. The molecule has 0 fully saturated rings. The zero-order valence-electron chi connectivity index (χ0n) is 12.0. The predicted octanol–water partition coefficient (Wildman–Crippen LogP) is 6.05. The molecule has 0 amide bonds. The van der Waals surface area contributed by atoms with Crippen molar-refractivity contribution in [3.8, 4) is 0 Å². The fraction of sp³-hybridized carbons (Fsp3) is 0.176. The maximum absolute atomic E-state index is 13.4. The van der Waals surface area contributed by atoms with E-state index in [0.717, 1.165) is 26.8 Å².